The summed E-state index contributed by atoms with van der Waals surface area (Å²) in [6.45, 7) is 1.82. The van der Waals surface area contributed by atoms with E-state index in [0.29, 0.717) is 6.42 Å². The van der Waals surface area contributed by atoms with Crippen LogP contribution in [0.25, 0.3) is 0 Å². The van der Waals surface area contributed by atoms with Crippen molar-refractivity contribution in [2.75, 3.05) is 0 Å². The molecule has 0 saturated carbocycles. The Hall–Kier alpha value is -0.930. The molecular weight excluding hydrogens is 164 g/mol. The normalized spacial score (nSPS) is 15.3. The van der Waals surface area contributed by atoms with Gasteiger partial charge < -0.3 is 10.8 Å². The van der Waals surface area contributed by atoms with Crippen LogP contribution in [0.1, 0.15) is 18.9 Å². The van der Waals surface area contributed by atoms with Crippen LogP contribution in [0.2, 0.25) is 0 Å². The monoisotopic (exact) mass is 180 g/mol. The molecular formula is C10H16N2O. The lowest BCUT2D eigenvalue weighted by atomic mass is 10.0. The zero-order valence-corrected chi connectivity index (χ0v) is 7.85. The Labute approximate surface area is 78.6 Å². The van der Waals surface area contributed by atoms with Gasteiger partial charge in [0.25, 0.3) is 0 Å². The van der Waals surface area contributed by atoms with E-state index in [1.807, 2.05) is 19.1 Å². The molecule has 3 N–H and O–H groups in total. The van der Waals surface area contributed by atoms with Crippen LogP contribution < -0.4 is 5.73 Å². The molecule has 0 bridgehead atoms. The number of pyridine rings is 1. The number of aliphatic hydroxyl groups is 1. The predicted molar refractivity (Wildman–Crippen MR) is 52.2 cm³/mol. The summed E-state index contributed by atoms with van der Waals surface area (Å²) >= 11 is 0. The smallest absolute Gasteiger partial charge is 0.0691 e. The lowest BCUT2D eigenvalue weighted by Crippen LogP contribution is -2.31. The van der Waals surface area contributed by atoms with Gasteiger partial charge in [0, 0.05) is 18.4 Å². The lowest BCUT2D eigenvalue weighted by Gasteiger charge is -2.13. The second-order valence-electron chi connectivity index (χ2n) is 3.32. The Morgan fingerprint density at radius 3 is 2.62 bits per heavy atom. The average molecular weight is 180 g/mol. The molecule has 0 saturated heterocycles. The maximum absolute atomic E-state index is 9.45. The summed E-state index contributed by atoms with van der Waals surface area (Å²) in [7, 11) is 0. The van der Waals surface area contributed by atoms with Gasteiger partial charge in [-0.1, -0.05) is 0 Å². The van der Waals surface area contributed by atoms with Crippen molar-refractivity contribution >= 4 is 0 Å². The molecule has 0 aromatic carbocycles. The van der Waals surface area contributed by atoms with Gasteiger partial charge in [0.15, 0.2) is 0 Å². The fourth-order valence-electron chi connectivity index (χ4n) is 1.13. The highest BCUT2D eigenvalue weighted by atomic mass is 16.3. The van der Waals surface area contributed by atoms with Crippen molar-refractivity contribution in [3.63, 3.8) is 0 Å². The maximum Gasteiger partial charge on any atom is 0.0691 e. The van der Waals surface area contributed by atoms with E-state index in [4.69, 9.17) is 5.73 Å². The molecule has 2 atom stereocenters. The van der Waals surface area contributed by atoms with Gasteiger partial charge in [-0.15, -0.1) is 0 Å². The van der Waals surface area contributed by atoms with Gasteiger partial charge in [-0.3, -0.25) is 4.98 Å². The summed E-state index contributed by atoms with van der Waals surface area (Å²) in [6, 6.07) is 3.75. The average Bonchev–Trinajstić information content (AvgIpc) is 2.15. The van der Waals surface area contributed by atoms with E-state index in [2.05, 4.69) is 4.98 Å². The highest BCUT2D eigenvalue weighted by molar-refractivity contribution is 5.09. The Balaban J connectivity index is 2.35. The van der Waals surface area contributed by atoms with Crippen LogP contribution in [0.3, 0.4) is 0 Å². The molecule has 0 aliphatic carbocycles. The van der Waals surface area contributed by atoms with Gasteiger partial charge in [-0.05, 0) is 37.5 Å². The molecule has 0 radical (unpaired) electrons. The second kappa shape index (κ2) is 4.94. The third kappa shape index (κ3) is 3.53. The molecule has 1 rings (SSSR count). The van der Waals surface area contributed by atoms with Crippen LogP contribution in [-0.4, -0.2) is 22.2 Å². The molecule has 0 amide bonds. The number of nitrogens with zero attached hydrogens (tertiary/aromatic N) is 1. The van der Waals surface area contributed by atoms with E-state index in [1.54, 1.807) is 12.4 Å². The molecule has 1 aromatic heterocycles. The highest BCUT2D eigenvalue weighted by Crippen LogP contribution is 2.05. The van der Waals surface area contributed by atoms with Crippen LogP contribution in [-0.2, 0) is 6.42 Å². The highest BCUT2D eigenvalue weighted by Gasteiger charge is 2.08. The number of aliphatic hydroxyl groups excluding tert-OH is 1. The van der Waals surface area contributed by atoms with E-state index in [1.165, 1.54) is 5.56 Å². The minimum absolute atomic E-state index is 0.151. The standard InChI is InChI=1S/C10H16N2O/c1-8(11)10(13)3-2-9-4-6-12-7-5-9/h4-8,10,13H,2-3,11H2,1H3/t8-,10+/m1/s1. The Morgan fingerprint density at radius 2 is 2.08 bits per heavy atom. The van der Waals surface area contributed by atoms with Crippen molar-refractivity contribution in [2.24, 2.45) is 5.73 Å². The third-order valence-electron chi connectivity index (χ3n) is 2.09. The molecule has 0 aliphatic heterocycles. The maximum atomic E-state index is 9.45. The van der Waals surface area contributed by atoms with Gasteiger partial charge in [-0.25, -0.2) is 0 Å². The second-order valence-corrected chi connectivity index (χ2v) is 3.32. The van der Waals surface area contributed by atoms with Gasteiger partial charge in [-0.2, -0.15) is 0 Å². The van der Waals surface area contributed by atoms with Crippen LogP contribution in [0.15, 0.2) is 24.5 Å². The fourth-order valence-corrected chi connectivity index (χ4v) is 1.13. The SMILES string of the molecule is C[C@@H](N)[C@@H](O)CCc1ccncc1. The third-order valence-corrected chi connectivity index (χ3v) is 2.09. The van der Waals surface area contributed by atoms with Crippen LogP contribution >= 0.6 is 0 Å². The zero-order valence-electron chi connectivity index (χ0n) is 7.85. The van der Waals surface area contributed by atoms with Crippen LogP contribution in [0, 0.1) is 0 Å². The molecule has 72 valence electrons. The molecule has 3 heteroatoms. The first kappa shape index (κ1) is 10.2. The number of rotatable bonds is 4. The largest absolute Gasteiger partial charge is 0.392 e. The van der Waals surface area contributed by atoms with Crippen molar-refractivity contribution < 1.29 is 5.11 Å². The molecule has 1 heterocycles. The number of hydrogen-bond acceptors (Lipinski definition) is 3. The summed E-state index contributed by atoms with van der Waals surface area (Å²) in [5.41, 5.74) is 6.73. The van der Waals surface area contributed by atoms with E-state index in [-0.39, 0.29) is 6.04 Å². The number of nitrogens with two attached hydrogens (primary N) is 1. The summed E-state index contributed by atoms with van der Waals surface area (Å²) < 4.78 is 0. The van der Waals surface area contributed by atoms with E-state index < -0.39 is 6.10 Å². The van der Waals surface area contributed by atoms with Crippen LogP contribution in [0.4, 0.5) is 0 Å². The van der Waals surface area contributed by atoms with Crippen molar-refractivity contribution in [1.29, 1.82) is 0 Å². The predicted octanol–water partition coefficient (Wildman–Crippen LogP) is 0.722. The van der Waals surface area contributed by atoms with Crippen molar-refractivity contribution in [3.05, 3.63) is 30.1 Å². The van der Waals surface area contributed by atoms with Gasteiger partial charge in [0.1, 0.15) is 0 Å². The molecule has 1 aromatic rings. The summed E-state index contributed by atoms with van der Waals surface area (Å²) in [5, 5.41) is 9.45. The minimum atomic E-state index is -0.409. The Kier molecular flexibility index (Phi) is 3.86. The van der Waals surface area contributed by atoms with Crippen molar-refractivity contribution in [1.82, 2.24) is 4.98 Å². The van der Waals surface area contributed by atoms with Crippen molar-refractivity contribution in [3.8, 4) is 0 Å². The molecule has 0 fully saturated rings. The topological polar surface area (TPSA) is 59.1 Å². The van der Waals surface area contributed by atoms with E-state index in [9.17, 15) is 5.11 Å². The lowest BCUT2D eigenvalue weighted by molar-refractivity contribution is 0.141. The molecule has 0 aliphatic rings. The number of aryl methyl sites for hydroxylation is 1. The van der Waals surface area contributed by atoms with Gasteiger partial charge in [0.05, 0.1) is 6.10 Å². The number of aromatic nitrogens is 1. The zero-order chi connectivity index (χ0) is 9.68. The Morgan fingerprint density at radius 1 is 1.46 bits per heavy atom. The first-order chi connectivity index (χ1) is 6.20. The number of hydrogen-bond donors (Lipinski definition) is 2. The van der Waals surface area contributed by atoms with Gasteiger partial charge >= 0.3 is 0 Å². The molecule has 0 unspecified atom stereocenters. The van der Waals surface area contributed by atoms with Crippen LogP contribution in [0.5, 0.6) is 0 Å². The summed E-state index contributed by atoms with van der Waals surface area (Å²) in [4.78, 5) is 3.92. The molecule has 0 spiro atoms. The van der Waals surface area contributed by atoms with E-state index in [0.717, 1.165) is 6.42 Å². The quantitative estimate of drug-likeness (QED) is 0.718. The first-order valence-corrected chi connectivity index (χ1v) is 4.52. The minimum Gasteiger partial charge on any atom is -0.392 e. The van der Waals surface area contributed by atoms with E-state index >= 15 is 0 Å². The van der Waals surface area contributed by atoms with Gasteiger partial charge in [0.2, 0.25) is 0 Å². The summed E-state index contributed by atoms with van der Waals surface area (Å²) in [6.07, 6.45) is 4.67. The van der Waals surface area contributed by atoms with Crippen molar-refractivity contribution in [2.45, 2.75) is 31.9 Å². The molecule has 13 heavy (non-hydrogen) atoms. The molecule has 3 nitrogen and oxygen atoms in total. The fraction of sp³-hybridized carbons (Fsp3) is 0.500. The first-order valence-electron chi connectivity index (χ1n) is 4.52. The summed E-state index contributed by atoms with van der Waals surface area (Å²) in [5.74, 6) is 0. The Bertz CT molecular complexity index is 236.